The van der Waals surface area contributed by atoms with Gasteiger partial charge in [0.1, 0.15) is 5.82 Å². The van der Waals surface area contributed by atoms with Gasteiger partial charge in [-0.25, -0.2) is 9.78 Å². The van der Waals surface area contributed by atoms with Gasteiger partial charge >= 0.3 is 5.69 Å². The number of fused-ring (bicyclic) bond motifs is 1. The van der Waals surface area contributed by atoms with Gasteiger partial charge < -0.3 is 15.3 Å². The summed E-state index contributed by atoms with van der Waals surface area (Å²) in [6.07, 6.45) is 3.24. The molecule has 4 rings (SSSR count). The minimum atomic E-state index is -0.297. The summed E-state index contributed by atoms with van der Waals surface area (Å²) in [6, 6.07) is 7.84. The maximum atomic E-state index is 12.1. The second-order valence-electron chi connectivity index (χ2n) is 7.06. The first-order valence-corrected chi connectivity index (χ1v) is 9.17. The van der Waals surface area contributed by atoms with Crippen LogP contribution in [0.3, 0.4) is 0 Å². The molecule has 1 aliphatic rings. The topological polar surface area (TPSA) is 88.2 Å². The predicted octanol–water partition coefficient (Wildman–Crippen LogP) is 1.24. The van der Waals surface area contributed by atoms with Gasteiger partial charge in [-0.1, -0.05) is 6.07 Å². The fourth-order valence-electron chi connectivity index (χ4n) is 3.62. The zero-order chi connectivity index (χ0) is 19.0. The zero-order valence-electron chi connectivity index (χ0n) is 15.6. The fraction of sp³-hybridized carbons (Fsp3) is 0.421. The first-order valence-electron chi connectivity index (χ1n) is 9.17. The van der Waals surface area contributed by atoms with E-state index >= 15 is 0 Å². The number of aromatic nitrogens is 4. The minimum Gasteiger partial charge on any atom is -0.391 e. The van der Waals surface area contributed by atoms with Crippen LogP contribution in [0.4, 0.5) is 11.8 Å². The Hall–Kier alpha value is -2.87. The maximum Gasteiger partial charge on any atom is 0.328 e. The van der Waals surface area contributed by atoms with Crippen molar-refractivity contribution in [3.05, 3.63) is 46.5 Å². The van der Waals surface area contributed by atoms with Crippen molar-refractivity contribution in [3.8, 4) is 0 Å². The highest BCUT2D eigenvalue weighted by Gasteiger charge is 2.19. The second-order valence-corrected chi connectivity index (χ2v) is 7.06. The number of nitrogens with one attached hydrogen (secondary N) is 1. The minimum absolute atomic E-state index is 0.0325. The number of aliphatic hydroxyl groups excluding tert-OH is 1. The number of anilines is 2. The quantitative estimate of drug-likeness (QED) is 0.720. The van der Waals surface area contributed by atoms with E-state index in [-0.39, 0.29) is 11.8 Å². The van der Waals surface area contributed by atoms with Crippen LogP contribution in [0.1, 0.15) is 18.4 Å². The van der Waals surface area contributed by atoms with Crippen LogP contribution in [-0.4, -0.2) is 43.4 Å². The molecule has 0 amide bonds. The number of nitrogens with zero attached hydrogens (tertiary/aromatic N) is 5. The predicted molar refractivity (Wildman–Crippen MR) is 105 cm³/mol. The number of hydrogen-bond donors (Lipinski definition) is 2. The molecule has 0 radical (unpaired) electrons. The van der Waals surface area contributed by atoms with E-state index in [1.165, 1.54) is 0 Å². The number of hydrogen-bond acceptors (Lipinski definition) is 6. The van der Waals surface area contributed by atoms with Gasteiger partial charge in [-0.2, -0.15) is 4.98 Å². The summed E-state index contributed by atoms with van der Waals surface area (Å²) in [5, 5.41) is 13.1. The van der Waals surface area contributed by atoms with Crippen LogP contribution in [-0.2, 0) is 20.6 Å². The average molecular weight is 368 g/mol. The van der Waals surface area contributed by atoms with Crippen molar-refractivity contribution in [3.63, 3.8) is 0 Å². The third kappa shape index (κ3) is 3.40. The molecule has 1 fully saturated rings. The van der Waals surface area contributed by atoms with Crippen LogP contribution < -0.4 is 15.9 Å². The van der Waals surface area contributed by atoms with Gasteiger partial charge in [0.2, 0.25) is 5.95 Å². The van der Waals surface area contributed by atoms with Crippen molar-refractivity contribution >= 4 is 22.8 Å². The molecule has 1 atom stereocenters. The summed E-state index contributed by atoms with van der Waals surface area (Å²) in [6.45, 7) is 2.06. The van der Waals surface area contributed by atoms with Crippen molar-refractivity contribution in [2.24, 2.45) is 14.1 Å². The zero-order valence-corrected chi connectivity index (χ0v) is 15.6. The number of aliphatic hydroxyl groups is 1. The maximum absolute atomic E-state index is 12.1. The molecule has 1 aromatic carbocycles. The van der Waals surface area contributed by atoms with Crippen LogP contribution in [0.5, 0.6) is 0 Å². The Labute approximate surface area is 157 Å². The number of imidazole rings is 1. The highest BCUT2D eigenvalue weighted by atomic mass is 16.3. The Bertz CT molecular complexity index is 1020. The van der Waals surface area contributed by atoms with Crippen molar-refractivity contribution in [2.45, 2.75) is 25.5 Å². The molecule has 8 nitrogen and oxygen atoms in total. The first kappa shape index (κ1) is 17.5. The third-order valence-electron chi connectivity index (χ3n) is 5.15. The molecule has 8 heteroatoms. The summed E-state index contributed by atoms with van der Waals surface area (Å²) in [4.78, 5) is 23.0. The van der Waals surface area contributed by atoms with E-state index in [1.807, 2.05) is 24.3 Å². The SMILES string of the molecule is Cn1c(=O)n(C)c2cc(CNc3nccc(N4CCC[C@H](O)C4)n3)ccc21. The second kappa shape index (κ2) is 7.03. The van der Waals surface area contributed by atoms with Crippen molar-refractivity contribution < 1.29 is 5.11 Å². The van der Waals surface area contributed by atoms with Crippen molar-refractivity contribution in [1.82, 2.24) is 19.1 Å². The molecule has 0 saturated carbocycles. The summed E-state index contributed by atoms with van der Waals surface area (Å²) >= 11 is 0. The Kier molecular flexibility index (Phi) is 4.57. The van der Waals surface area contributed by atoms with E-state index in [2.05, 4.69) is 20.2 Å². The molecule has 2 N–H and O–H groups in total. The molecule has 0 aliphatic carbocycles. The number of rotatable bonds is 4. The molecule has 0 bridgehead atoms. The van der Waals surface area contributed by atoms with Crippen molar-refractivity contribution in [1.29, 1.82) is 0 Å². The van der Waals surface area contributed by atoms with Crippen molar-refractivity contribution in [2.75, 3.05) is 23.3 Å². The van der Waals surface area contributed by atoms with Gasteiger partial charge in [0.05, 0.1) is 17.1 Å². The Morgan fingerprint density at radius 2 is 2.04 bits per heavy atom. The number of β-amino-alcohol motifs (C(OH)–C–C–N with tert-alkyl or cyclic N) is 1. The van der Waals surface area contributed by atoms with Gasteiger partial charge in [-0.3, -0.25) is 9.13 Å². The van der Waals surface area contributed by atoms with Crippen LogP contribution in [0.2, 0.25) is 0 Å². The van der Waals surface area contributed by atoms with Crippen LogP contribution in [0.25, 0.3) is 11.0 Å². The van der Waals surface area contributed by atoms with Gasteiger partial charge in [0, 0.05) is 39.9 Å². The van der Waals surface area contributed by atoms with E-state index < -0.39 is 0 Å². The van der Waals surface area contributed by atoms with Gasteiger partial charge in [0.25, 0.3) is 0 Å². The Morgan fingerprint density at radius 3 is 2.85 bits per heavy atom. The lowest BCUT2D eigenvalue weighted by atomic mass is 10.1. The fourth-order valence-corrected chi connectivity index (χ4v) is 3.62. The van der Waals surface area contributed by atoms with Crippen LogP contribution in [0.15, 0.2) is 35.3 Å². The summed E-state index contributed by atoms with van der Waals surface area (Å²) < 4.78 is 3.30. The monoisotopic (exact) mass is 368 g/mol. The molecular weight excluding hydrogens is 344 g/mol. The third-order valence-corrected chi connectivity index (χ3v) is 5.15. The molecule has 3 aromatic rings. The number of aryl methyl sites for hydroxylation is 2. The van der Waals surface area contributed by atoms with E-state index in [4.69, 9.17) is 0 Å². The van der Waals surface area contributed by atoms with Crippen LogP contribution in [0, 0.1) is 0 Å². The molecule has 1 saturated heterocycles. The highest BCUT2D eigenvalue weighted by Crippen LogP contribution is 2.19. The standard InChI is InChI=1S/C19H24N6O2/c1-23-15-6-5-13(10-16(15)24(2)19(23)27)11-21-18-20-8-7-17(22-18)25-9-3-4-14(26)12-25/h5-8,10,14,26H,3-4,9,11-12H2,1-2H3,(H,20,21,22)/t14-/m0/s1. The smallest absolute Gasteiger partial charge is 0.328 e. The summed E-state index contributed by atoms with van der Waals surface area (Å²) in [7, 11) is 3.56. The lowest BCUT2D eigenvalue weighted by molar-refractivity contribution is 0.154. The van der Waals surface area contributed by atoms with E-state index in [0.29, 0.717) is 19.0 Å². The molecule has 0 spiro atoms. The van der Waals surface area contributed by atoms with E-state index in [1.54, 1.807) is 29.4 Å². The molecular formula is C19H24N6O2. The van der Waals surface area contributed by atoms with Gasteiger partial charge in [-0.15, -0.1) is 0 Å². The normalized spacial score (nSPS) is 17.4. The lowest BCUT2D eigenvalue weighted by Crippen LogP contribution is -2.38. The number of piperidine rings is 1. The first-order chi connectivity index (χ1) is 13.0. The van der Waals surface area contributed by atoms with E-state index in [0.717, 1.165) is 41.8 Å². The highest BCUT2D eigenvalue weighted by molar-refractivity contribution is 5.76. The number of benzene rings is 1. The Morgan fingerprint density at radius 1 is 1.22 bits per heavy atom. The van der Waals surface area contributed by atoms with Gasteiger partial charge in [-0.05, 0) is 36.6 Å². The molecule has 27 heavy (non-hydrogen) atoms. The molecule has 0 unspecified atom stereocenters. The lowest BCUT2D eigenvalue weighted by Gasteiger charge is -2.31. The van der Waals surface area contributed by atoms with E-state index in [9.17, 15) is 9.90 Å². The molecule has 2 aromatic heterocycles. The van der Waals surface area contributed by atoms with Crippen LogP contribution >= 0.6 is 0 Å². The summed E-state index contributed by atoms with van der Waals surface area (Å²) in [5.74, 6) is 1.38. The largest absolute Gasteiger partial charge is 0.391 e. The Balaban J connectivity index is 1.50. The average Bonchev–Trinajstić information content (AvgIpc) is 2.90. The molecule has 1 aliphatic heterocycles. The molecule has 3 heterocycles. The molecule has 142 valence electrons. The summed E-state index contributed by atoms with van der Waals surface area (Å²) in [5.41, 5.74) is 2.83. The van der Waals surface area contributed by atoms with Gasteiger partial charge in [0.15, 0.2) is 0 Å².